The Morgan fingerprint density at radius 3 is 2.17 bits per heavy atom. The Morgan fingerprint density at radius 1 is 1.17 bits per heavy atom. The van der Waals surface area contributed by atoms with Crippen LogP contribution >= 0.6 is 0 Å². The number of halogens is 1. The Kier molecular flexibility index (Phi) is 4.20. The molecule has 0 atom stereocenters. The molecule has 0 N–H and O–H groups in total. The van der Waals surface area contributed by atoms with Gasteiger partial charge in [-0.25, -0.2) is 23.2 Å². The summed E-state index contributed by atoms with van der Waals surface area (Å²) in [5, 5.41) is 4.37. The summed E-state index contributed by atoms with van der Waals surface area (Å²) in [5.74, 6) is 1.87. The average Bonchev–Trinajstić information content (AvgIpc) is 2.43. The van der Waals surface area contributed by atoms with E-state index in [-0.39, 0.29) is 0 Å². The van der Waals surface area contributed by atoms with Crippen molar-refractivity contribution in [2.24, 2.45) is 7.05 Å². The minimum absolute atomic E-state index is 0.898. The molecule has 0 saturated carbocycles. The second kappa shape index (κ2) is 5.12. The van der Waals surface area contributed by atoms with E-state index in [1.54, 1.807) is 0 Å². The van der Waals surface area contributed by atoms with Crippen molar-refractivity contribution in [2.45, 2.75) is 20.8 Å². The maximum Gasteiger partial charge on any atom is 0.387 e. The zero-order valence-corrected chi connectivity index (χ0v) is 11.1. The molecule has 2 heterocycles. The molecule has 0 aliphatic heterocycles. The number of aromatic nitrogens is 4. The van der Waals surface area contributed by atoms with Gasteiger partial charge in [0.25, 0.3) is 0 Å². The number of rotatable bonds is 0. The quantitative estimate of drug-likeness (QED) is 0.448. The van der Waals surface area contributed by atoms with E-state index >= 15 is 0 Å². The summed E-state index contributed by atoms with van der Waals surface area (Å²) >= 11 is 0. The van der Waals surface area contributed by atoms with Gasteiger partial charge in [-0.2, -0.15) is 0 Å². The Balaban J connectivity index is 0.000000280. The van der Waals surface area contributed by atoms with Crippen LogP contribution in [0.5, 0.6) is 0 Å². The minimum atomic E-state index is -4.94. The fourth-order valence-corrected chi connectivity index (χ4v) is 1.46. The number of nitrogens with zero attached hydrogens (tertiary/aromatic N) is 4. The predicted octanol–water partition coefficient (Wildman–Crippen LogP) is -4.28. The van der Waals surface area contributed by atoms with E-state index in [4.69, 9.17) is 18.6 Å². The molecular formula is C9H13ClN4O4. The zero-order chi connectivity index (χ0) is 14.1. The van der Waals surface area contributed by atoms with E-state index in [2.05, 4.69) is 10.1 Å². The average molecular weight is 277 g/mol. The van der Waals surface area contributed by atoms with Crippen LogP contribution in [0.3, 0.4) is 0 Å². The first-order valence-electron chi connectivity index (χ1n) is 4.91. The molecule has 0 amide bonds. The second-order valence-electron chi connectivity index (χ2n) is 3.73. The van der Waals surface area contributed by atoms with Crippen LogP contribution in [0.1, 0.15) is 17.2 Å². The Bertz CT molecular complexity index is 558. The third kappa shape index (κ3) is 3.86. The third-order valence-corrected chi connectivity index (χ3v) is 2.25. The molecule has 18 heavy (non-hydrogen) atoms. The van der Waals surface area contributed by atoms with Gasteiger partial charge in [-0.05, 0) is 18.9 Å². The van der Waals surface area contributed by atoms with E-state index in [1.165, 1.54) is 0 Å². The molecule has 0 aliphatic rings. The van der Waals surface area contributed by atoms with Gasteiger partial charge in [0, 0.05) is 13.0 Å². The van der Waals surface area contributed by atoms with Crippen LogP contribution in [0.15, 0.2) is 6.07 Å². The first-order chi connectivity index (χ1) is 8.09. The van der Waals surface area contributed by atoms with Gasteiger partial charge in [-0.15, -0.1) is 15.2 Å². The van der Waals surface area contributed by atoms with Crippen LogP contribution in [0, 0.1) is 31.0 Å². The van der Waals surface area contributed by atoms with E-state index in [0.717, 1.165) is 23.0 Å². The predicted molar refractivity (Wildman–Crippen MR) is 48.4 cm³/mol. The van der Waals surface area contributed by atoms with Gasteiger partial charge in [0.2, 0.25) is 5.82 Å². The molecule has 0 spiro atoms. The SMILES string of the molecule is Cc1cc(C)n2nc(C)[n+](C)c2n1.[O-][Cl+3]([O-])([O-])[O-]. The summed E-state index contributed by atoms with van der Waals surface area (Å²) in [6, 6.07) is 2.03. The van der Waals surface area contributed by atoms with Crippen LogP contribution < -0.4 is 23.2 Å². The first kappa shape index (κ1) is 14.7. The van der Waals surface area contributed by atoms with E-state index < -0.39 is 10.2 Å². The molecule has 2 aromatic heterocycles. The van der Waals surface area contributed by atoms with Crippen molar-refractivity contribution in [3.8, 4) is 0 Å². The van der Waals surface area contributed by atoms with E-state index in [9.17, 15) is 0 Å². The van der Waals surface area contributed by atoms with Crippen molar-refractivity contribution in [1.29, 1.82) is 0 Å². The van der Waals surface area contributed by atoms with Crippen LogP contribution in [0.4, 0.5) is 0 Å². The fraction of sp³-hybridized carbons (Fsp3) is 0.444. The molecule has 0 unspecified atom stereocenters. The summed E-state index contributed by atoms with van der Waals surface area (Å²) in [7, 11) is -2.97. The second-order valence-corrected chi connectivity index (χ2v) is 4.49. The lowest BCUT2D eigenvalue weighted by Gasteiger charge is -2.17. The largest absolute Gasteiger partial charge is 0.387 e. The lowest BCUT2D eigenvalue weighted by atomic mass is 10.4. The molecule has 0 bridgehead atoms. The first-order valence-corrected chi connectivity index (χ1v) is 6.14. The van der Waals surface area contributed by atoms with Gasteiger partial charge in [0.05, 0.1) is 7.05 Å². The lowest BCUT2D eigenvalue weighted by Crippen LogP contribution is -2.68. The van der Waals surface area contributed by atoms with Crippen LogP contribution in [-0.2, 0) is 7.05 Å². The Morgan fingerprint density at radius 2 is 1.67 bits per heavy atom. The summed E-state index contributed by atoms with van der Waals surface area (Å²) in [6.07, 6.45) is 0. The summed E-state index contributed by atoms with van der Waals surface area (Å²) in [5.41, 5.74) is 2.15. The third-order valence-electron chi connectivity index (χ3n) is 2.25. The topological polar surface area (TPSA) is 126 Å². The molecule has 0 radical (unpaired) electrons. The minimum Gasteiger partial charge on any atom is -0.224 e. The normalized spacial score (nSPS) is 11.3. The molecule has 0 aromatic carbocycles. The molecule has 0 aliphatic carbocycles. The smallest absolute Gasteiger partial charge is 0.224 e. The van der Waals surface area contributed by atoms with Crippen molar-refractivity contribution in [1.82, 2.24) is 14.6 Å². The molecule has 0 saturated heterocycles. The molecule has 2 aromatic rings. The Hall–Kier alpha value is -1.32. The van der Waals surface area contributed by atoms with Gasteiger partial charge in [0.15, 0.2) is 0 Å². The van der Waals surface area contributed by atoms with Gasteiger partial charge < -0.3 is 0 Å². The van der Waals surface area contributed by atoms with Gasteiger partial charge in [-0.3, -0.25) is 0 Å². The standard InChI is InChI=1S/C9H13N4.ClHO4/c1-6-5-7(2)13-9(10-6)12(4)8(3)11-13;2-1(3,4)5/h5H,1-4H3;(H,2,3,4,5)/q+1;/p-1. The molecule has 9 heteroatoms. The summed E-state index contributed by atoms with van der Waals surface area (Å²) in [6.45, 7) is 6.01. The Labute approximate surface area is 105 Å². The number of fused-ring (bicyclic) bond motifs is 1. The number of hydrogen-bond acceptors (Lipinski definition) is 6. The molecular weight excluding hydrogens is 264 g/mol. The number of hydrogen-bond donors (Lipinski definition) is 0. The zero-order valence-electron chi connectivity index (χ0n) is 10.4. The van der Waals surface area contributed by atoms with Crippen molar-refractivity contribution in [3.63, 3.8) is 0 Å². The van der Waals surface area contributed by atoms with Crippen molar-refractivity contribution in [3.05, 3.63) is 23.3 Å². The summed E-state index contributed by atoms with van der Waals surface area (Å²) < 4.78 is 37.8. The van der Waals surface area contributed by atoms with E-state index in [1.807, 2.05) is 43.0 Å². The monoisotopic (exact) mass is 276 g/mol. The van der Waals surface area contributed by atoms with Crippen LogP contribution in [0.25, 0.3) is 5.78 Å². The molecule has 0 fully saturated rings. The fourth-order valence-electron chi connectivity index (χ4n) is 1.46. The lowest BCUT2D eigenvalue weighted by molar-refractivity contribution is -2.00. The molecule has 2 rings (SSSR count). The van der Waals surface area contributed by atoms with Gasteiger partial charge >= 0.3 is 5.78 Å². The summed E-state index contributed by atoms with van der Waals surface area (Å²) in [4.78, 5) is 4.42. The highest BCUT2D eigenvalue weighted by Crippen LogP contribution is 2.02. The highest BCUT2D eigenvalue weighted by atomic mass is 35.7. The van der Waals surface area contributed by atoms with Gasteiger partial charge in [0.1, 0.15) is 11.4 Å². The van der Waals surface area contributed by atoms with E-state index in [0.29, 0.717) is 0 Å². The molecule has 8 nitrogen and oxygen atoms in total. The van der Waals surface area contributed by atoms with Crippen molar-refractivity contribution < 1.29 is 33.4 Å². The van der Waals surface area contributed by atoms with Crippen LogP contribution in [0.2, 0.25) is 0 Å². The van der Waals surface area contributed by atoms with Gasteiger partial charge in [-0.1, -0.05) is 4.52 Å². The maximum atomic E-state index is 8.49. The highest BCUT2D eigenvalue weighted by Gasteiger charge is 2.15. The van der Waals surface area contributed by atoms with Crippen LogP contribution in [-0.4, -0.2) is 14.6 Å². The highest BCUT2D eigenvalue weighted by molar-refractivity contribution is 5.24. The van der Waals surface area contributed by atoms with Crippen molar-refractivity contribution >= 4 is 5.78 Å². The molecule has 100 valence electrons. The number of aryl methyl sites for hydroxylation is 4. The maximum absolute atomic E-state index is 8.49. The van der Waals surface area contributed by atoms with Crippen molar-refractivity contribution in [2.75, 3.05) is 0 Å².